The SMILES string of the molecule is CCN(CC)C(=O)C1=C(C)N=c2s/c(=C/c3cc(C)n(-c4cccnc4)c3C)c(=O)n2[C@H]1c1ccc(Cl)cc1. The highest BCUT2D eigenvalue weighted by molar-refractivity contribution is 7.07. The maximum Gasteiger partial charge on any atom is 0.271 e. The Hall–Kier alpha value is -3.75. The van der Waals surface area contributed by atoms with E-state index < -0.39 is 6.04 Å². The van der Waals surface area contributed by atoms with Gasteiger partial charge in [0.15, 0.2) is 4.80 Å². The van der Waals surface area contributed by atoms with Gasteiger partial charge in [-0.2, -0.15) is 0 Å². The molecular weight excluding hydrogens is 530 g/mol. The van der Waals surface area contributed by atoms with E-state index in [2.05, 4.69) is 15.6 Å². The van der Waals surface area contributed by atoms with E-state index in [1.54, 1.807) is 27.8 Å². The third-order valence-electron chi connectivity index (χ3n) is 7.15. The number of aryl methyl sites for hydroxylation is 1. The molecule has 0 saturated carbocycles. The summed E-state index contributed by atoms with van der Waals surface area (Å²) in [5.41, 5.74) is 5.72. The third kappa shape index (κ3) is 4.79. The molecule has 4 aromatic rings. The van der Waals surface area contributed by atoms with Crippen LogP contribution in [-0.4, -0.2) is 38.0 Å². The number of hydrogen-bond donors (Lipinski definition) is 0. The molecule has 200 valence electrons. The molecule has 0 spiro atoms. The summed E-state index contributed by atoms with van der Waals surface area (Å²) in [4.78, 5) is 39.1. The number of thiazole rings is 1. The summed E-state index contributed by atoms with van der Waals surface area (Å²) in [7, 11) is 0. The standard InChI is InChI=1S/C30H30ClN5O2S/c1-6-34(7-2)29(38)26-19(4)33-30-36(27(26)21-10-12-23(31)13-11-21)28(37)25(39-30)16-22-15-18(3)35(20(22)5)24-9-8-14-32-17-24/h8-17,27H,6-7H2,1-5H3/b25-16+/t27-/m0/s1. The molecule has 0 N–H and O–H groups in total. The minimum atomic E-state index is -0.600. The van der Waals surface area contributed by atoms with E-state index >= 15 is 0 Å². The fourth-order valence-corrected chi connectivity index (χ4v) is 6.36. The van der Waals surface area contributed by atoms with Gasteiger partial charge in [-0.05, 0) is 82.2 Å². The minimum Gasteiger partial charge on any atom is -0.339 e. The first kappa shape index (κ1) is 26.8. The van der Waals surface area contributed by atoms with Gasteiger partial charge in [0.25, 0.3) is 11.5 Å². The normalized spacial score (nSPS) is 15.3. The van der Waals surface area contributed by atoms with Crippen LogP contribution < -0.4 is 14.9 Å². The van der Waals surface area contributed by atoms with Crippen molar-refractivity contribution >= 4 is 34.9 Å². The van der Waals surface area contributed by atoms with E-state index in [1.165, 1.54) is 11.3 Å². The fourth-order valence-electron chi connectivity index (χ4n) is 5.19. The molecule has 0 aliphatic carbocycles. The number of allylic oxidation sites excluding steroid dienone is 1. The Morgan fingerprint density at radius 3 is 2.49 bits per heavy atom. The lowest BCUT2D eigenvalue weighted by Crippen LogP contribution is -2.43. The molecule has 0 bridgehead atoms. The molecule has 0 saturated heterocycles. The van der Waals surface area contributed by atoms with Gasteiger partial charge in [0.1, 0.15) is 0 Å². The predicted molar refractivity (Wildman–Crippen MR) is 156 cm³/mol. The molecule has 0 unspecified atom stereocenters. The van der Waals surface area contributed by atoms with Gasteiger partial charge in [0.2, 0.25) is 0 Å². The van der Waals surface area contributed by atoms with Crippen molar-refractivity contribution in [3.63, 3.8) is 0 Å². The second-order valence-corrected chi connectivity index (χ2v) is 10.9. The first-order chi connectivity index (χ1) is 18.7. The lowest BCUT2D eigenvalue weighted by molar-refractivity contribution is -0.127. The number of halogens is 1. The maximum absolute atomic E-state index is 14.0. The Kier molecular flexibility index (Phi) is 7.42. The summed E-state index contributed by atoms with van der Waals surface area (Å²) in [5.74, 6) is -0.115. The second kappa shape index (κ2) is 10.8. The van der Waals surface area contributed by atoms with E-state index in [4.69, 9.17) is 16.6 Å². The van der Waals surface area contributed by atoms with Crippen LogP contribution in [0.25, 0.3) is 11.8 Å². The zero-order chi connectivity index (χ0) is 27.8. The van der Waals surface area contributed by atoms with Gasteiger partial charge in [0, 0.05) is 35.7 Å². The molecule has 1 atom stereocenters. The molecule has 9 heteroatoms. The highest BCUT2D eigenvalue weighted by Crippen LogP contribution is 2.32. The highest BCUT2D eigenvalue weighted by Gasteiger charge is 2.34. The molecular formula is C30H30ClN5O2S. The number of amides is 1. The Morgan fingerprint density at radius 2 is 1.85 bits per heavy atom. The molecule has 1 aliphatic heterocycles. The van der Waals surface area contributed by atoms with Gasteiger partial charge in [0.05, 0.1) is 33.7 Å². The summed E-state index contributed by atoms with van der Waals surface area (Å²) < 4.78 is 4.34. The lowest BCUT2D eigenvalue weighted by atomic mass is 9.94. The smallest absolute Gasteiger partial charge is 0.271 e. The van der Waals surface area contributed by atoms with Crippen LogP contribution in [0.4, 0.5) is 0 Å². The number of carbonyl (C=O) groups is 1. The van der Waals surface area contributed by atoms with Crippen molar-refractivity contribution in [2.75, 3.05) is 13.1 Å². The number of nitrogens with zero attached hydrogens (tertiary/aromatic N) is 5. The number of aromatic nitrogens is 3. The van der Waals surface area contributed by atoms with Gasteiger partial charge in [-0.3, -0.25) is 19.1 Å². The van der Waals surface area contributed by atoms with Crippen LogP contribution in [0, 0.1) is 13.8 Å². The molecule has 1 aromatic carbocycles. The molecule has 0 radical (unpaired) electrons. The molecule has 3 aromatic heterocycles. The van der Waals surface area contributed by atoms with Crippen molar-refractivity contribution in [1.29, 1.82) is 0 Å². The van der Waals surface area contributed by atoms with Crippen molar-refractivity contribution < 1.29 is 4.79 Å². The average molecular weight is 560 g/mol. The first-order valence-electron chi connectivity index (χ1n) is 12.9. The molecule has 1 amide bonds. The van der Waals surface area contributed by atoms with Gasteiger partial charge in [-0.1, -0.05) is 35.1 Å². The summed E-state index contributed by atoms with van der Waals surface area (Å²) >= 11 is 7.53. The number of hydrogen-bond acceptors (Lipinski definition) is 5. The lowest BCUT2D eigenvalue weighted by Gasteiger charge is -2.29. The second-order valence-electron chi connectivity index (χ2n) is 9.48. The summed E-state index contributed by atoms with van der Waals surface area (Å²) in [6, 6.07) is 12.7. The van der Waals surface area contributed by atoms with E-state index in [1.807, 2.05) is 71.2 Å². The van der Waals surface area contributed by atoms with Crippen LogP contribution in [0.1, 0.15) is 49.3 Å². The Labute approximate surface area is 236 Å². The first-order valence-corrected chi connectivity index (χ1v) is 14.1. The van der Waals surface area contributed by atoms with E-state index in [0.717, 1.165) is 28.2 Å². The monoisotopic (exact) mass is 559 g/mol. The van der Waals surface area contributed by atoms with Gasteiger partial charge >= 0.3 is 0 Å². The number of pyridine rings is 1. The van der Waals surface area contributed by atoms with Crippen LogP contribution in [0.5, 0.6) is 0 Å². The van der Waals surface area contributed by atoms with Crippen LogP contribution in [0.2, 0.25) is 5.02 Å². The Bertz CT molecular complexity index is 1760. The Balaban J connectivity index is 1.70. The molecule has 7 nitrogen and oxygen atoms in total. The molecule has 4 heterocycles. The Morgan fingerprint density at radius 1 is 1.13 bits per heavy atom. The van der Waals surface area contributed by atoms with Crippen molar-refractivity contribution in [3.8, 4) is 5.69 Å². The number of rotatable bonds is 6. The van der Waals surface area contributed by atoms with Crippen LogP contribution in [0.15, 0.2) is 75.9 Å². The summed E-state index contributed by atoms with van der Waals surface area (Å²) in [6.45, 7) is 10.9. The maximum atomic E-state index is 14.0. The molecule has 0 fully saturated rings. The van der Waals surface area contributed by atoms with Crippen molar-refractivity contribution in [2.45, 2.75) is 40.7 Å². The van der Waals surface area contributed by atoms with Crippen molar-refractivity contribution in [3.05, 3.63) is 113 Å². The topological polar surface area (TPSA) is 72.5 Å². The number of benzene rings is 1. The van der Waals surface area contributed by atoms with E-state index in [-0.39, 0.29) is 11.5 Å². The summed E-state index contributed by atoms with van der Waals surface area (Å²) in [6.07, 6.45) is 5.49. The quantitative estimate of drug-likeness (QED) is 0.348. The number of carbonyl (C=O) groups excluding carboxylic acids is 1. The molecule has 5 rings (SSSR count). The fraction of sp³-hybridized carbons (Fsp3) is 0.267. The zero-order valence-corrected chi connectivity index (χ0v) is 24.2. The average Bonchev–Trinajstić information content (AvgIpc) is 3.38. The molecule has 1 aliphatic rings. The van der Waals surface area contributed by atoms with E-state index in [9.17, 15) is 9.59 Å². The van der Waals surface area contributed by atoms with Crippen molar-refractivity contribution in [1.82, 2.24) is 19.0 Å². The van der Waals surface area contributed by atoms with Gasteiger partial charge in [-0.25, -0.2) is 4.99 Å². The zero-order valence-electron chi connectivity index (χ0n) is 22.6. The van der Waals surface area contributed by atoms with Crippen LogP contribution in [0.3, 0.4) is 0 Å². The largest absolute Gasteiger partial charge is 0.339 e. The predicted octanol–water partition coefficient (Wildman–Crippen LogP) is 4.56. The van der Waals surface area contributed by atoms with E-state index in [0.29, 0.717) is 38.7 Å². The number of fused-ring (bicyclic) bond motifs is 1. The minimum absolute atomic E-state index is 0.115. The van der Waals surface area contributed by atoms with Crippen LogP contribution >= 0.6 is 22.9 Å². The van der Waals surface area contributed by atoms with Gasteiger partial charge < -0.3 is 9.47 Å². The van der Waals surface area contributed by atoms with Crippen molar-refractivity contribution in [2.24, 2.45) is 4.99 Å². The molecule has 39 heavy (non-hydrogen) atoms. The third-order valence-corrected chi connectivity index (χ3v) is 8.38. The van der Waals surface area contributed by atoms with Gasteiger partial charge in [-0.15, -0.1) is 0 Å². The van der Waals surface area contributed by atoms with Crippen LogP contribution in [-0.2, 0) is 4.79 Å². The highest BCUT2D eigenvalue weighted by atomic mass is 35.5. The summed E-state index contributed by atoms with van der Waals surface area (Å²) in [5, 5.41) is 0.590. The number of likely N-dealkylation sites (N-methyl/N-ethyl adjacent to an activating group) is 1.